The minimum atomic E-state index is 0.459. The van der Waals surface area contributed by atoms with Gasteiger partial charge in [-0.3, -0.25) is 9.67 Å². The molecule has 2 aromatic carbocycles. The minimum Gasteiger partial charge on any atom is -0.266 e. The molecular weight excluding hydrogens is 322 g/mol. The maximum Gasteiger partial charge on any atom is 0.200 e. The number of fused-ring (bicyclic) bond motifs is 1. The van der Waals surface area contributed by atoms with Crippen molar-refractivity contribution in [3.05, 3.63) is 52.3 Å². The zero-order chi connectivity index (χ0) is 15.1. The molecule has 0 amide bonds. The average Bonchev–Trinajstić information content (AvgIpc) is 3.14. The lowest BCUT2D eigenvalue weighted by molar-refractivity contribution is 0.315. The van der Waals surface area contributed by atoms with Crippen LogP contribution in [0.4, 0.5) is 0 Å². The fraction of sp³-hybridized carbons (Fsp3) is 0. The fourth-order valence-electron chi connectivity index (χ4n) is 2.29. The number of hydrogen-bond donors (Lipinski definition) is 1. The predicted octanol–water partition coefficient (Wildman–Crippen LogP) is 3.79. The molecule has 0 bridgehead atoms. The number of benzene rings is 2. The van der Waals surface area contributed by atoms with Crippen LogP contribution >= 0.6 is 23.8 Å². The Kier molecular flexibility index (Phi) is 3.02. The van der Waals surface area contributed by atoms with Crippen molar-refractivity contribution in [3.63, 3.8) is 0 Å². The van der Waals surface area contributed by atoms with Crippen LogP contribution in [0.2, 0.25) is 5.02 Å². The number of halogens is 1. The van der Waals surface area contributed by atoms with Gasteiger partial charge in [-0.15, -0.1) is 0 Å². The van der Waals surface area contributed by atoms with E-state index in [0.717, 1.165) is 11.3 Å². The summed E-state index contributed by atoms with van der Waals surface area (Å²) in [5, 5.41) is 15.6. The van der Waals surface area contributed by atoms with Crippen molar-refractivity contribution in [3.8, 4) is 17.1 Å². The van der Waals surface area contributed by atoms with Crippen LogP contribution in [0.25, 0.3) is 28.1 Å². The van der Waals surface area contributed by atoms with E-state index < -0.39 is 0 Å². The van der Waals surface area contributed by atoms with Crippen LogP contribution in [0.3, 0.4) is 0 Å². The van der Waals surface area contributed by atoms with Crippen LogP contribution in [0.1, 0.15) is 0 Å². The predicted molar refractivity (Wildman–Crippen MR) is 84.6 cm³/mol. The maximum absolute atomic E-state index is 5.94. The van der Waals surface area contributed by atoms with Gasteiger partial charge in [0.15, 0.2) is 16.1 Å². The molecule has 0 aliphatic carbocycles. The zero-order valence-corrected chi connectivity index (χ0v) is 12.6. The Morgan fingerprint density at radius 2 is 1.91 bits per heavy atom. The Morgan fingerprint density at radius 1 is 1.09 bits per heavy atom. The summed E-state index contributed by atoms with van der Waals surface area (Å²) >= 11 is 11.3. The molecule has 2 aromatic heterocycles. The highest BCUT2D eigenvalue weighted by Gasteiger charge is 2.15. The average molecular weight is 330 g/mol. The monoisotopic (exact) mass is 329 g/mol. The van der Waals surface area contributed by atoms with E-state index in [0.29, 0.717) is 26.7 Å². The van der Waals surface area contributed by atoms with Crippen molar-refractivity contribution >= 4 is 34.9 Å². The first-order valence-electron chi connectivity index (χ1n) is 6.39. The van der Waals surface area contributed by atoms with Gasteiger partial charge < -0.3 is 0 Å². The molecular formula is C14H8ClN5OS. The van der Waals surface area contributed by atoms with Crippen LogP contribution in [-0.4, -0.2) is 25.1 Å². The lowest BCUT2D eigenvalue weighted by Gasteiger charge is -2.07. The van der Waals surface area contributed by atoms with Crippen LogP contribution in [-0.2, 0) is 0 Å². The number of nitrogens with one attached hydrogen (secondary N) is 1. The van der Waals surface area contributed by atoms with Crippen molar-refractivity contribution in [2.45, 2.75) is 0 Å². The second-order valence-electron chi connectivity index (χ2n) is 4.60. The first kappa shape index (κ1) is 13.2. The lowest BCUT2D eigenvalue weighted by Crippen LogP contribution is -1.98. The highest BCUT2D eigenvalue weighted by molar-refractivity contribution is 7.71. The molecule has 0 atom stereocenters. The lowest BCUT2D eigenvalue weighted by atomic mass is 10.2. The minimum absolute atomic E-state index is 0.459. The molecule has 0 fully saturated rings. The topological polar surface area (TPSA) is 72.5 Å². The van der Waals surface area contributed by atoms with E-state index in [-0.39, 0.29) is 0 Å². The Balaban J connectivity index is 2.00. The van der Waals surface area contributed by atoms with Gasteiger partial charge in [0.05, 0.1) is 5.69 Å². The summed E-state index contributed by atoms with van der Waals surface area (Å²) in [5.74, 6) is 0.664. The highest BCUT2D eigenvalue weighted by atomic mass is 35.5. The molecule has 22 heavy (non-hydrogen) atoms. The third kappa shape index (κ3) is 2.02. The molecule has 0 saturated heterocycles. The first-order valence-corrected chi connectivity index (χ1v) is 7.18. The van der Waals surface area contributed by atoms with Gasteiger partial charge in [-0.05, 0) is 58.9 Å². The van der Waals surface area contributed by atoms with E-state index in [9.17, 15) is 0 Å². The molecule has 4 aromatic rings. The summed E-state index contributed by atoms with van der Waals surface area (Å²) < 4.78 is 7.06. The third-order valence-electron chi connectivity index (χ3n) is 3.28. The molecule has 0 saturated carbocycles. The van der Waals surface area contributed by atoms with Gasteiger partial charge in [0.1, 0.15) is 5.52 Å². The number of nitrogens with zero attached hydrogens (tertiary/aromatic N) is 4. The summed E-state index contributed by atoms with van der Waals surface area (Å²) in [7, 11) is 0. The first-order chi connectivity index (χ1) is 10.7. The van der Waals surface area contributed by atoms with Gasteiger partial charge in [0.2, 0.25) is 0 Å². The standard InChI is InChI=1S/C14H8ClN5OS/c15-9-6-4-8(5-7-9)13-16-17-14(22)20(13)11-3-1-2-10-12(11)19-21-18-10/h1-7H,(H,17,22). The van der Waals surface area contributed by atoms with Gasteiger partial charge in [0.25, 0.3) is 0 Å². The van der Waals surface area contributed by atoms with Crippen molar-refractivity contribution in [2.24, 2.45) is 0 Å². The SMILES string of the molecule is S=c1[nH]nc(-c2ccc(Cl)cc2)n1-c1cccc2nonc12. The van der Waals surface area contributed by atoms with Crippen molar-refractivity contribution in [1.29, 1.82) is 0 Å². The quantitative estimate of drug-likeness (QED) is 0.566. The number of aromatic amines is 1. The van der Waals surface area contributed by atoms with Crippen molar-refractivity contribution in [2.75, 3.05) is 0 Å². The van der Waals surface area contributed by atoms with Gasteiger partial charge in [-0.1, -0.05) is 17.7 Å². The molecule has 6 nitrogen and oxygen atoms in total. The molecule has 8 heteroatoms. The molecule has 1 N–H and O–H groups in total. The Labute approximate surface area is 134 Å². The van der Waals surface area contributed by atoms with Crippen LogP contribution in [0, 0.1) is 4.77 Å². The summed E-state index contributed by atoms with van der Waals surface area (Å²) in [6.45, 7) is 0. The Bertz CT molecular complexity index is 1020. The summed E-state index contributed by atoms with van der Waals surface area (Å²) in [6, 6.07) is 12.9. The van der Waals surface area contributed by atoms with E-state index >= 15 is 0 Å². The largest absolute Gasteiger partial charge is 0.266 e. The zero-order valence-electron chi connectivity index (χ0n) is 11.0. The smallest absolute Gasteiger partial charge is 0.200 e. The van der Waals surface area contributed by atoms with Crippen LogP contribution in [0.15, 0.2) is 47.1 Å². The number of H-pyrrole nitrogens is 1. The summed E-state index contributed by atoms with van der Waals surface area (Å²) in [6.07, 6.45) is 0. The van der Waals surface area contributed by atoms with Crippen molar-refractivity contribution < 1.29 is 4.63 Å². The van der Waals surface area contributed by atoms with E-state index in [1.165, 1.54) is 0 Å². The maximum atomic E-state index is 5.94. The van der Waals surface area contributed by atoms with Crippen LogP contribution in [0.5, 0.6) is 0 Å². The number of rotatable bonds is 2. The molecule has 0 radical (unpaired) electrons. The van der Waals surface area contributed by atoms with E-state index in [1.54, 1.807) is 16.7 Å². The molecule has 0 aliphatic heterocycles. The third-order valence-corrected chi connectivity index (χ3v) is 3.81. The Morgan fingerprint density at radius 3 is 2.73 bits per heavy atom. The molecule has 108 valence electrons. The molecule has 0 spiro atoms. The van der Waals surface area contributed by atoms with Gasteiger partial charge in [0, 0.05) is 10.6 Å². The van der Waals surface area contributed by atoms with Gasteiger partial charge in [-0.25, -0.2) is 4.63 Å². The number of hydrogen-bond acceptors (Lipinski definition) is 5. The molecule has 4 rings (SSSR count). The molecule has 0 unspecified atom stereocenters. The molecule has 2 heterocycles. The van der Waals surface area contributed by atoms with Crippen LogP contribution < -0.4 is 0 Å². The number of aromatic nitrogens is 5. The Hall–Kier alpha value is -2.51. The van der Waals surface area contributed by atoms with E-state index in [4.69, 9.17) is 28.4 Å². The normalized spacial score (nSPS) is 11.1. The van der Waals surface area contributed by atoms with Gasteiger partial charge >= 0.3 is 0 Å². The second kappa shape index (κ2) is 5.04. The van der Waals surface area contributed by atoms with E-state index in [1.807, 2.05) is 30.3 Å². The second-order valence-corrected chi connectivity index (χ2v) is 5.43. The summed E-state index contributed by atoms with van der Waals surface area (Å²) in [4.78, 5) is 0. The van der Waals surface area contributed by atoms with Gasteiger partial charge in [-0.2, -0.15) is 5.10 Å². The summed E-state index contributed by atoms with van der Waals surface area (Å²) in [5.41, 5.74) is 2.91. The highest BCUT2D eigenvalue weighted by Crippen LogP contribution is 2.26. The molecule has 0 aliphatic rings. The van der Waals surface area contributed by atoms with E-state index in [2.05, 4.69) is 20.5 Å². The van der Waals surface area contributed by atoms with Crippen molar-refractivity contribution in [1.82, 2.24) is 25.1 Å². The fourth-order valence-corrected chi connectivity index (χ4v) is 2.64.